The minimum absolute atomic E-state index is 0.209. The Labute approximate surface area is 229 Å². The van der Waals surface area contributed by atoms with Crippen molar-refractivity contribution in [1.29, 1.82) is 0 Å². The first kappa shape index (κ1) is 25.6. The number of benzene rings is 2. The Balaban J connectivity index is 1.15. The number of fused-ring (bicyclic) bond motifs is 4. The number of esters is 1. The molecule has 2 bridgehead atoms. The molecule has 1 aromatic heterocycles. The standard InChI is InChI=1S/C31H36ClN3O3/c1-2-37-30(36)29(24-4-6-25(32)7-5-24)35-16-10-23(11-17-35)28-26-8-3-22(21-27(26)38-33-28)9-12-31-13-18-34(19-14-31)20-15-31/h3-9,12,21,23,29H,2,10-11,13-20H2,1H3. The Bertz CT molecular complexity index is 1290. The van der Waals surface area contributed by atoms with Gasteiger partial charge in [0.15, 0.2) is 5.58 Å². The molecule has 0 N–H and O–H groups in total. The number of aromatic nitrogens is 1. The SMILES string of the molecule is CCOC(=O)C(c1ccc(Cl)cc1)N1CCC(c2noc3cc(C=CC45CCN(CC4)CC5)ccc23)CC1. The van der Waals surface area contributed by atoms with Crippen molar-refractivity contribution in [1.82, 2.24) is 15.0 Å². The van der Waals surface area contributed by atoms with E-state index in [1.54, 1.807) is 0 Å². The number of allylic oxidation sites excluding steroid dienone is 1. The van der Waals surface area contributed by atoms with Gasteiger partial charge in [-0.3, -0.25) is 4.90 Å². The number of hydrogen-bond donors (Lipinski definition) is 0. The van der Waals surface area contributed by atoms with Crippen LogP contribution in [-0.4, -0.2) is 60.3 Å². The van der Waals surface area contributed by atoms with Crippen molar-refractivity contribution in [2.75, 3.05) is 39.3 Å². The summed E-state index contributed by atoms with van der Waals surface area (Å²) in [4.78, 5) is 17.7. The fourth-order valence-corrected chi connectivity index (χ4v) is 6.67. The van der Waals surface area contributed by atoms with E-state index in [9.17, 15) is 4.79 Å². The summed E-state index contributed by atoms with van der Waals surface area (Å²) in [6.45, 7) is 7.46. The number of ether oxygens (including phenoxy) is 1. The van der Waals surface area contributed by atoms with Crippen molar-refractivity contribution in [2.45, 2.75) is 51.0 Å². The largest absolute Gasteiger partial charge is 0.465 e. The first-order valence-corrected chi connectivity index (χ1v) is 14.4. The lowest BCUT2D eigenvalue weighted by atomic mass is 9.72. The number of likely N-dealkylation sites (tertiary alicyclic amines) is 1. The maximum Gasteiger partial charge on any atom is 0.327 e. The molecule has 0 spiro atoms. The summed E-state index contributed by atoms with van der Waals surface area (Å²) in [7, 11) is 0. The monoisotopic (exact) mass is 533 g/mol. The molecule has 1 atom stereocenters. The minimum atomic E-state index is -0.424. The van der Waals surface area contributed by atoms with Crippen LogP contribution in [-0.2, 0) is 9.53 Å². The van der Waals surface area contributed by atoms with E-state index in [2.05, 4.69) is 45.3 Å². The Morgan fingerprint density at radius 1 is 1.11 bits per heavy atom. The average Bonchev–Trinajstić information content (AvgIpc) is 3.38. The van der Waals surface area contributed by atoms with Gasteiger partial charge in [-0.2, -0.15) is 0 Å². The van der Waals surface area contributed by atoms with E-state index in [1.165, 1.54) is 44.5 Å². The van der Waals surface area contributed by atoms with Crippen LogP contribution in [0.5, 0.6) is 0 Å². The van der Waals surface area contributed by atoms with Crippen molar-refractivity contribution in [3.63, 3.8) is 0 Å². The summed E-state index contributed by atoms with van der Waals surface area (Å²) in [6.07, 6.45) is 10.4. The van der Waals surface area contributed by atoms with E-state index in [1.807, 2.05) is 31.2 Å². The summed E-state index contributed by atoms with van der Waals surface area (Å²) in [5.74, 6) is 0.0901. The smallest absolute Gasteiger partial charge is 0.327 e. The van der Waals surface area contributed by atoms with Crippen molar-refractivity contribution in [3.8, 4) is 0 Å². The molecule has 0 radical (unpaired) electrons. The Kier molecular flexibility index (Phi) is 7.30. The fraction of sp³-hybridized carbons (Fsp3) is 0.484. The predicted molar refractivity (Wildman–Crippen MR) is 150 cm³/mol. The Hall–Kier alpha value is -2.67. The van der Waals surface area contributed by atoms with Crippen LogP contribution in [0.1, 0.15) is 67.8 Å². The van der Waals surface area contributed by atoms with Gasteiger partial charge in [0.05, 0.1) is 12.3 Å². The number of carbonyl (C=O) groups is 1. The molecular weight excluding hydrogens is 498 g/mol. The van der Waals surface area contributed by atoms with E-state index in [4.69, 9.17) is 20.9 Å². The third-order valence-electron chi connectivity index (χ3n) is 8.91. The zero-order chi connectivity index (χ0) is 26.1. The zero-order valence-electron chi connectivity index (χ0n) is 22.1. The molecule has 4 aliphatic rings. The number of carbonyl (C=O) groups excluding carboxylic acids is 1. The van der Waals surface area contributed by atoms with Gasteiger partial charge < -0.3 is 14.2 Å². The Morgan fingerprint density at radius 3 is 2.50 bits per heavy atom. The molecular formula is C31H36ClN3O3. The highest BCUT2D eigenvalue weighted by Crippen LogP contribution is 2.42. The lowest BCUT2D eigenvalue weighted by Gasteiger charge is -2.47. The van der Waals surface area contributed by atoms with Gasteiger partial charge in [-0.1, -0.05) is 47.1 Å². The molecule has 0 aliphatic carbocycles. The van der Waals surface area contributed by atoms with Gasteiger partial charge in [0.1, 0.15) is 6.04 Å². The molecule has 2 aromatic carbocycles. The summed E-state index contributed by atoms with van der Waals surface area (Å²) < 4.78 is 11.3. The topological polar surface area (TPSA) is 58.8 Å². The second-order valence-electron chi connectivity index (χ2n) is 11.1. The lowest BCUT2D eigenvalue weighted by Crippen LogP contribution is -2.47. The fourth-order valence-electron chi connectivity index (χ4n) is 6.54. The van der Waals surface area contributed by atoms with Crippen LogP contribution >= 0.6 is 11.6 Å². The van der Waals surface area contributed by atoms with E-state index >= 15 is 0 Å². The third kappa shape index (κ3) is 5.14. The highest BCUT2D eigenvalue weighted by atomic mass is 35.5. The molecule has 4 fully saturated rings. The number of rotatable bonds is 7. The number of hydrogen-bond acceptors (Lipinski definition) is 6. The molecule has 0 amide bonds. The molecule has 1 unspecified atom stereocenters. The Morgan fingerprint density at radius 2 is 1.82 bits per heavy atom. The number of piperidine rings is 4. The minimum Gasteiger partial charge on any atom is -0.465 e. The third-order valence-corrected chi connectivity index (χ3v) is 9.16. The van der Waals surface area contributed by atoms with E-state index < -0.39 is 6.04 Å². The summed E-state index contributed by atoms with van der Waals surface area (Å²) in [6, 6.07) is 13.6. The van der Waals surface area contributed by atoms with Crippen LogP contribution < -0.4 is 0 Å². The normalized spacial score (nSPS) is 25.3. The molecule has 6 nitrogen and oxygen atoms in total. The van der Waals surface area contributed by atoms with Gasteiger partial charge in [-0.15, -0.1) is 0 Å². The molecule has 5 heterocycles. The van der Waals surface area contributed by atoms with Crippen molar-refractivity contribution in [3.05, 3.63) is 70.4 Å². The van der Waals surface area contributed by atoms with Gasteiger partial charge >= 0.3 is 5.97 Å². The second kappa shape index (κ2) is 10.8. The summed E-state index contributed by atoms with van der Waals surface area (Å²) >= 11 is 6.09. The first-order chi connectivity index (χ1) is 18.5. The van der Waals surface area contributed by atoms with E-state index in [-0.39, 0.29) is 5.97 Å². The quantitative estimate of drug-likeness (QED) is 0.325. The zero-order valence-corrected chi connectivity index (χ0v) is 22.8. The van der Waals surface area contributed by atoms with Gasteiger partial charge in [-0.25, -0.2) is 4.79 Å². The van der Waals surface area contributed by atoms with E-state index in [0.29, 0.717) is 23.0 Å². The molecule has 4 saturated heterocycles. The molecule has 7 heteroatoms. The molecule has 7 rings (SSSR count). The molecule has 0 saturated carbocycles. The van der Waals surface area contributed by atoms with Gasteiger partial charge in [0.2, 0.25) is 0 Å². The number of nitrogens with zero attached hydrogens (tertiary/aromatic N) is 3. The predicted octanol–water partition coefficient (Wildman–Crippen LogP) is 6.46. The van der Waals surface area contributed by atoms with Gasteiger partial charge in [0.25, 0.3) is 0 Å². The van der Waals surface area contributed by atoms with Crippen LogP contribution in [0.4, 0.5) is 0 Å². The molecule has 4 aliphatic heterocycles. The lowest BCUT2D eigenvalue weighted by molar-refractivity contribution is -0.150. The summed E-state index contributed by atoms with van der Waals surface area (Å²) in [5, 5.41) is 6.28. The maximum atomic E-state index is 12.9. The van der Waals surface area contributed by atoms with Gasteiger partial charge in [0, 0.05) is 16.3 Å². The summed E-state index contributed by atoms with van der Waals surface area (Å²) in [5.41, 5.74) is 4.35. The van der Waals surface area contributed by atoms with Crippen molar-refractivity contribution < 1.29 is 14.1 Å². The van der Waals surface area contributed by atoms with Crippen LogP contribution in [0.15, 0.2) is 53.1 Å². The van der Waals surface area contributed by atoms with Crippen LogP contribution in [0, 0.1) is 5.41 Å². The van der Waals surface area contributed by atoms with Crippen LogP contribution in [0.25, 0.3) is 17.0 Å². The molecule has 38 heavy (non-hydrogen) atoms. The highest BCUT2D eigenvalue weighted by molar-refractivity contribution is 6.30. The van der Waals surface area contributed by atoms with E-state index in [0.717, 1.165) is 48.2 Å². The molecule has 200 valence electrons. The van der Waals surface area contributed by atoms with Crippen molar-refractivity contribution >= 4 is 34.6 Å². The van der Waals surface area contributed by atoms with Crippen molar-refractivity contribution in [2.24, 2.45) is 5.41 Å². The van der Waals surface area contributed by atoms with Gasteiger partial charge in [-0.05, 0) is 113 Å². The van der Waals surface area contributed by atoms with Crippen LogP contribution in [0.3, 0.4) is 0 Å². The van der Waals surface area contributed by atoms with Crippen LogP contribution in [0.2, 0.25) is 5.02 Å². The number of halogens is 1. The first-order valence-electron chi connectivity index (χ1n) is 14.0. The molecule has 3 aromatic rings. The second-order valence-corrected chi connectivity index (χ2v) is 11.6. The maximum absolute atomic E-state index is 12.9. The average molecular weight is 534 g/mol. The highest BCUT2D eigenvalue weighted by Gasteiger charge is 2.37.